The Kier molecular flexibility index (Phi) is 5.36. The molecule has 0 radical (unpaired) electrons. The normalized spacial score (nSPS) is 10.0. The number of amides is 1. The zero-order valence-electron chi connectivity index (χ0n) is 13.4. The Hall–Kier alpha value is -2.82. The predicted molar refractivity (Wildman–Crippen MR) is 86.9 cm³/mol. The van der Waals surface area contributed by atoms with Gasteiger partial charge in [-0.25, -0.2) is 0 Å². The van der Waals surface area contributed by atoms with Crippen molar-refractivity contribution >= 4 is 11.7 Å². The van der Waals surface area contributed by atoms with Crippen molar-refractivity contribution in [1.29, 1.82) is 0 Å². The fourth-order valence-corrected chi connectivity index (χ4v) is 2.18. The van der Waals surface area contributed by atoms with Gasteiger partial charge < -0.3 is 14.8 Å². The van der Waals surface area contributed by atoms with Gasteiger partial charge in [0.2, 0.25) is 5.78 Å². The second kappa shape index (κ2) is 7.45. The van der Waals surface area contributed by atoms with Gasteiger partial charge in [-0.1, -0.05) is 42.0 Å². The number of aryl methyl sites for hydroxylation is 1. The van der Waals surface area contributed by atoms with Crippen LogP contribution in [0, 0.1) is 6.92 Å². The smallest absolute Gasteiger partial charge is 0.292 e. The summed E-state index contributed by atoms with van der Waals surface area (Å²) in [4.78, 5) is 24.1. The number of carbonyl (C=O) groups is 2. The summed E-state index contributed by atoms with van der Waals surface area (Å²) in [6, 6.07) is 12.2. The molecular weight excluding hydrogens is 294 g/mol. The van der Waals surface area contributed by atoms with E-state index in [1.807, 2.05) is 6.92 Å². The molecule has 0 heterocycles. The quantitative estimate of drug-likeness (QED) is 0.657. The molecule has 23 heavy (non-hydrogen) atoms. The van der Waals surface area contributed by atoms with Crippen molar-refractivity contribution in [2.75, 3.05) is 14.2 Å². The summed E-state index contributed by atoms with van der Waals surface area (Å²) in [5, 5.41) is 2.61. The van der Waals surface area contributed by atoms with E-state index in [9.17, 15) is 9.59 Å². The first kappa shape index (κ1) is 16.5. The maximum Gasteiger partial charge on any atom is 0.292 e. The van der Waals surface area contributed by atoms with Gasteiger partial charge in [-0.2, -0.15) is 0 Å². The van der Waals surface area contributed by atoms with E-state index < -0.39 is 11.7 Å². The molecule has 1 amide bonds. The molecule has 5 heteroatoms. The largest absolute Gasteiger partial charge is 0.493 e. The summed E-state index contributed by atoms with van der Waals surface area (Å²) in [6.07, 6.45) is 0. The van der Waals surface area contributed by atoms with Crippen LogP contribution in [0.2, 0.25) is 0 Å². The van der Waals surface area contributed by atoms with E-state index in [1.54, 1.807) is 49.6 Å². The highest BCUT2D eigenvalue weighted by Crippen LogP contribution is 2.30. The average Bonchev–Trinajstić information content (AvgIpc) is 2.59. The number of ketones is 1. The van der Waals surface area contributed by atoms with Crippen molar-refractivity contribution in [3.05, 3.63) is 59.2 Å². The van der Waals surface area contributed by atoms with E-state index in [1.165, 1.54) is 7.11 Å². The fraction of sp³-hybridized carbons (Fsp3) is 0.222. The van der Waals surface area contributed by atoms with E-state index in [0.29, 0.717) is 17.1 Å². The minimum Gasteiger partial charge on any atom is -0.493 e. The Morgan fingerprint density at radius 1 is 1.00 bits per heavy atom. The summed E-state index contributed by atoms with van der Waals surface area (Å²) in [5.41, 5.74) is 2.13. The zero-order chi connectivity index (χ0) is 16.8. The molecule has 2 rings (SSSR count). The van der Waals surface area contributed by atoms with Gasteiger partial charge in [-0.3, -0.25) is 9.59 Å². The first-order valence-corrected chi connectivity index (χ1v) is 7.16. The molecule has 5 nitrogen and oxygen atoms in total. The van der Waals surface area contributed by atoms with Gasteiger partial charge in [0.15, 0.2) is 11.5 Å². The van der Waals surface area contributed by atoms with Crippen molar-refractivity contribution in [1.82, 2.24) is 5.32 Å². The molecule has 2 aromatic rings. The number of methoxy groups -OCH3 is 2. The van der Waals surface area contributed by atoms with Crippen LogP contribution in [0.25, 0.3) is 0 Å². The molecule has 0 unspecified atom stereocenters. The number of hydrogen-bond acceptors (Lipinski definition) is 4. The summed E-state index contributed by atoms with van der Waals surface area (Å²) in [7, 11) is 3.07. The Morgan fingerprint density at radius 3 is 2.30 bits per heavy atom. The van der Waals surface area contributed by atoms with Crippen LogP contribution in [-0.4, -0.2) is 25.9 Å². The molecule has 0 aliphatic rings. The van der Waals surface area contributed by atoms with E-state index in [-0.39, 0.29) is 6.54 Å². The van der Waals surface area contributed by atoms with Gasteiger partial charge in [-0.15, -0.1) is 0 Å². The monoisotopic (exact) mass is 313 g/mol. The molecule has 0 aromatic heterocycles. The van der Waals surface area contributed by atoms with Crippen LogP contribution in [0.4, 0.5) is 0 Å². The molecule has 1 N–H and O–H groups in total. The van der Waals surface area contributed by atoms with Crippen LogP contribution < -0.4 is 14.8 Å². The highest BCUT2D eigenvalue weighted by Gasteiger charge is 2.17. The standard InChI is InChI=1S/C18H19NO4/c1-12-7-9-13(10-8-12)16(20)18(21)19-11-14-5-4-6-15(22-2)17(14)23-3/h4-10H,11H2,1-3H3,(H,19,21). The second-order valence-electron chi connectivity index (χ2n) is 5.03. The molecule has 0 aliphatic heterocycles. The SMILES string of the molecule is COc1cccc(CNC(=O)C(=O)c2ccc(C)cc2)c1OC. The van der Waals surface area contributed by atoms with Gasteiger partial charge in [0.1, 0.15) is 0 Å². The first-order valence-electron chi connectivity index (χ1n) is 7.16. The van der Waals surface area contributed by atoms with Gasteiger partial charge in [0, 0.05) is 17.7 Å². The first-order chi connectivity index (χ1) is 11.1. The zero-order valence-corrected chi connectivity index (χ0v) is 13.4. The molecule has 0 bridgehead atoms. The molecule has 120 valence electrons. The summed E-state index contributed by atoms with van der Waals surface area (Å²) >= 11 is 0. The molecule has 0 saturated heterocycles. The number of nitrogens with one attached hydrogen (secondary N) is 1. The Morgan fingerprint density at radius 2 is 1.70 bits per heavy atom. The minimum absolute atomic E-state index is 0.177. The number of ether oxygens (including phenoxy) is 2. The molecule has 0 aliphatic carbocycles. The maximum atomic E-state index is 12.1. The topological polar surface area (TPSA) is 64.6 Å². The third-order valence-corrected chi connectivity index (χ3v) is 3.44. The second-order valence-corrected chi connectivity index (χ2v) is 5.03. The minimum atomic E-state index is -0.654. The lowest BCUT2D eigenvalue weighted by molar-refractivity contribution is -0.117. The third kappa shape index (κ3) is 3.88. The number of para-hydroxylation sites is 1. The van der Waals surface area contributed by atoms with E-state index >= 15 is 0 Å². The lowest BCUT2D eigenvalue weighted by atomic mass is 10.1. The van der Waals surface area contributed by atoms with Gasteiger partial charge in [0.05, 0.1) is 14.2 Å². The van der Waals surface area contributed by atoms with Crippen LogP contribution in [-0.2, 0) is 11.3 Å². The molecule has 0 spiro atoms. The van der Waals surface area contributed by atoms with Crippen molar-refractivity contribution < 1.29 is 19.1 Å². The van der Waals surface area contributed by atoms with E-state index in [0.717, 1.165) is 11.1 Å². The lowest BCUT2D eigenvalue weighted by Crippen LogP contribution is -2.30. The number of hydrogen-bond donors (Lipinski definition) is 1. The Bertz CT molecular complexity index is 707. The lowest BCUT2D eigenvalue weighted by Gasteiger charge is -2.13. The van der Waals surface area contributed by atoms with Crippen molar-refractivity contribution in [2.24, 2.45) is 0 Å². The Labute approximate surface area is 135 Å². The molecule has 2 aromatic carbocycles. The highest BCUT2D eigenvalue weighted by atomic mass is 16.5. The number of rotatable bonds is 6. The van der Waals surface area contributed by atoms with Gasteiger partial charge in [-0.05, 0) is 13.0 Å². The van der Waals surface area contributed by atoms with Crippen LogP contribution in [0.1, 0.15) is 21.5 Å². The molecule has 0 saturated carbocycles. The fourth-order valence-electron chi connectivity index (χ4n) is 2.18. The van der Waals surface area contributed by atoms with Crippen LogP contribution in [0.15, 0.2) is 42.5 Å². The third-order valence-electron chi connectivity index (χ3n) is 3.44. The number of benzene rings is 2. The Balaban J connectivity index is 2.07. The summed E-state index contributed by atoms with van der Waals surface area (Å²) < 4.78 is 10.5. The van der Waals surface area contributed by atoms with Crippen LogP contribution in [0.5, 0.6) is 11.5 Å². The van der Waals surface area contributed by atoms with E-state index in [4.69, 9.17) is 9.47 Å². The maximum absolute atomic E-state index is 12.1. The van der Waals surface area contributed by atoms with Gasteiger partial charge in [0.25, 0.3) is 5.91 Å². The summed E-state index contributed by atoms with van der Waals surface area (Å²) in [6.45, 7) is 2.10. The van der Waals surface area contributed by atoms with Crippen LogP contribution >= 0.6 is 0 Å². The van der Waals surface area contributed by atoms with Crippen molar-refractivity contribution in [3.8, 4) is 11.5 Å². The van der Waals surface area contributed by atoms with E-state index in [2.05, 4.69) is 5.32 Å². The average molecular weight is 313 g/mol. The number of carbonyl (C=O) groups excluding carboxylic acids is 2. The molecule has 0 fully saturated rings. The summed E-state index contributed by atoms with van der Waals surface area (Å²) in [5.74, 6) is -0.104. The highest BCUT2D eigenvalue weighted by molar-refractivity contribution is 6.42. The van der Waals surface area contributed by atoms with Crippen molar-refractivity contribution in [2.45, 2.75) is 13.5 Å². The molecule has 0 atom stereocenters. The molecular formula is C18H19NO4. The predicted octanol–water partition coefficient (Wildman–Crippen LogP) is 2.51. The van der Waals surface area contributed by atoms with Gasteiger partial charge >= 0.3 is 0 Å². The van der Waals surface area contributed by atoms with Crippen LogP contribution in [0.3, 0.4) is 0 Å². The van der Waals surface area contributed by atoms with Crippen molar-refractivity contribution in [3.63, 3.8) is 0 Å². The number of Topliss-reactive ketones (excluding diaryl/α,β-unsaturated/α-hetero) is 1.